The van der Waals surface area contributed by atoms with Crippen molar-refractivity contribution in [1.29, 1.82) is 0 Å². The van der Waals surface area contributed by atoms with Crippen molar-refractivity contribution in [3.05, 3.63) is 53.6 Å². The summed E-state index contributed by atoms with van der Waals surface area (Å²) in [4.78, 5) is 16.7. The van der Waals surface area contributed by atoms with E-state index in [0.29, 0.717) is 12.5 Å². The molecule has 0 unspecified atom stereocenters. The summed E-state index contributed by atoms with van der Waals surface area (Å²) < 4.78 is 10.7. The van der Waals surface area contributed by atoms with E-state index < -0.39 is 0 Å². The number of nitrogens with one attached hydrogen (secondary N) is 1. The quantitative estimate of drug-likeness (QED) is 0.880. The van der Waals surface area contributed by atoms with Gasteiger partial charge in [-0.25, -0.2) is 4.79 Å². The van der Waals surface area contributed by atoms with Gasteiger partial charge in [0.2, 0.25) is 6.79 Å². The summed E-state index contributed by atoms with van der Waals surface area (Å²) in [7, 11) is 0. The third-order valence-electron chi connectivity index (χ3n) is 5.37. The third-order valence-corrected chi connectivity index (χ3v) is 5.37. The second kappa shape index (κ2) is 8.00. The molecule has 2 aromatic carbocycles. The highest BCUT2D eigenvalue weighted by Crippen LogP contribution is 2.32. The molecule has 2 amide bonds. The van der Waals surface area contributed by atoms with Gasteiger partial charge in [-0.3, -0.25) is 0 Å². The van der Waals surface area contributed by atoms with Crippen molar-refractivity contribution in [1.82, 2.24) is 10.2 Å². The average molecular weight is 381 g/mol. The smallest absolute Gasteiger partial charge is 0.317 e. The molecule has 0 aliphatic carbocycles. The molecule has 2 heterocycles. The van der Waals surface area contributed by atoms with E-state index in [4.69, 9.17) is 9.47 Å². The Labute approximate surface area is 166 Å². The summed E-state index contributed by atoms with van der Waals surface area (Å²) >= 11 is 0. The Balaban J connectivity index is 1.27. The number of rotatable bonds is 4. The minimum absolute atomic E-state index is 0.0209. The van der Waals surface area contributed by atoms with Crippen molar-refractivity contribution >= 4 is 11.7 Å². The Bertz CT molecular complexity index is 827. The molecule has 1 fully saturated rings. The summed E-state index contributed by atoms with van der Waals surface area (Å²) in [5.74, 6) is 2.04. The van der Waals surface area contributed by atoms with Gasteiger partial charge in [-0.15, -0.1) is 0 Å². The standard InChI is InChI=1S/C22H27N3O3/c1-16(2)18-4-6-19(7-5-18)24-9-11-25(12-10-24)22(26)23-14-17-3-8-20-21(13-17)28-15-27-20/h3-8,13,16H,9-12,14-15H2,1-2H3,(H,23,26). The third kappa shape index (κ3) is 4.01. The number of anilines is 1. The van der Waals surface area contributed by atoms with Gasteiger partial charge >= 0.3 is 6.03 Å². The first-order chi connectivity index (χ1) is 13.6. The van der Waals surface area contributed by atoms with E-state index in [0.717, 1.165) is 43.2 Å². The van der Waals surface area contributed by atoms with Gasteiger partial charge in [0.15, 0.2) is 11.5 Å². The van der Waals surface area contributed by atoms with E-state index in [1.807, 2.05) is 23.1 Å². The van der Waals surface area contributed by atoms with Crippen LogP contribution in [0.1, 0.15) is 30.9 Å². The molecule has 0 spiro atoms. The van der Waals surface area contributed by atoms with Gasteiger partial charge in [-0.05, 0) is 41.3 Å². The zero-order chi connectivity index (χ0) is 19.5. The molecule has 0 radical (unpaired) electrons. The fourth-order valence-corrected chi connectivity index (χ4v) is 3.58. The average Bonchev–Trinajstić information content (AvgIpc) is 3.20. The first kappa shape index (κ1) is 18.5. The van der Waals surface area contributed by atoms with Crippen molar-refractivity contribution in [2.75, 3.05) is 37.9 Å². The molecule has 1 N–H and O–H groups in total. The zero-order valence-corrected chi connectivity index (χ0v) is 16.5. The second-order valence-electron chi connectivity index (χ2n) is 7.57. The maximum atomic E-state index is 12.5. The minimum Gasteiger partial charge on any atom is -0.454 e. The van der Waals surface area contributed by atoms with Crippen LogP contribution < -0.4 is 19.7 Å². The van der Waals surface area contributed by atoms with Crippen LogP contribution in [0.3, 0.4) is 0 Å². The Morgan fingerprint density at radius 2 is 1.71 bits per heavy atom. The molecule has 2 aromatic rings. The molecule has 4 rings (SSSR count). The number of benzene rings is 2. The predicted octanol–water partition coefficient (Wildman–Crippen LogP) is 3.57. The van der Waals surface area contributed by atoms with E-state index >= 15 is 0 Å². The van der Waals surface area contributed by atoms with E-state index in [1.54, 1.807) is 0 Å². The molecule has 1 saturated heterocycles. The lowest BCUT2D eigenvalue weighted by molar-refractivity contribution is 0.174. The number of fused-ring (bicyclic) bond motifs is 1. The van der Waals surface area contributed by atoms with Gasteiger partial charge < -0.3 is 24.6 Å². The predicted molar refractivity (Wildman–Crippen MR) is 109 cm³/mol. The number of carbonyl (C=O) groups is 1. The number of piperazine rings is 1. The van der Waals surface area contributed by atoms with Crippen molar-refractivity contribution in [3.63, 3.8) is 0 Å². The summed E-state index contributed by atoms with van der Waals surface area (Å²) in [5, 5.41) is 3.01. The lowest BCUT2D eigenvalue weighted by atomic mass is 10.0. The number of carbonyl (C=O) groups excluding carboxylic acids is 1. The van der Waals surface area contributed by atoms with Gasteiger partial charge in [0.05, 0.1) is 0 Å². The molecule has 0 bridgehead atoms. The van der Waals surface area contributed by atoms with E-state index in [-0.39, 0.29) is 12.8 Å². The van der Waals surface area contributed by atoms with Gasteiger partial charge in [-0.2, -0.15) is 0 Å². The Morgan fingerprint density at radius 1 is 1.00 bits per heavy atom. The van der Waals surface area contributed by atoms with Crippen LogP contribution in [0.5, 0.6) is 11.5 Å². The van der Waals surface area contributed by atoms with Gasteiger partial charge in [-0.1, -0.05) is 32.0 Å². The van der Waals surface area contributed by atoms with Crippen molar-refractivity contribution in [3.8, 4) is 11.5 Å². The largest absolute Gasteiger partial charge is 0.454 e. The van der Waals surface area contributed by atoms with Gasteiger partial charge in [0.25, 0.3) is 0 Å². The van der Waals surface area contributed by atoms with E-state index in [9.17, 15) is 4.79 Å². The molecule has 0 aromatic heterocycles. The lowest BCUT2D eigenvalue weighted by Gasteiger charge is -2.36. The first-order valence-corrected chi connectivity index (χ1v) is 9.86. The molecular weight excluding hydrogens is 354 g/mol. The zero-order valence-electron chi connectivity index (χ0n) is 16.5. The fourth-order valence-electron chi connectivity index (χ4n) is 3.58. The molecule has 6 nitrogen and oxygen atoms in total. The van der Waals surface area contributed by atoms with E-state index in [2.05, 4.69) is 48.3 Å². The van der Waals surface area contributed by atoms with Crippen molar-refractivity contribution < 1.29 is 14.3 Å². The number of nitrogens with zero attached hydrogens (tertiary/aromatic N) is 2. The van der Waals surface area contributed by atoms with Crippen LogP contribution in [-0.4, -0.2) is 43.9 Å². The highest BCUT2D eigenvalue weighted by atomic mass is 16.7. The molecular formula is C22H27N3O3. The highest BCUT2D eigenvalue weighted by Gasteiger charge is 2.21. The number of urea groups is 1. The summed E-state index contributed by atoms with van der Waals surface area (Å²) in [6, 6.07) is 14.5. The summed E-state index contributed by atoms with van der Waals surface area (Å²) in [6.45, 7) is 8.28. The van der Waals surface area contributed by atoms with Crippen LogP contribution in [0.4, 0.5) is 10.5 Å². The molecule has 6 heteroatoms. The Morgan fingerprint density at radius 3 is 2.43 bits per heavy atom. The van der Waals surface area contributed by atoms with Crippen LogP contribution in [0.2, 0.25) is 0 Å². The lowest BCUT2D eigenvalue weighted by Crippen LogP contribution is -2.51. The van der Waals surface area contributed by atoms with Crippen molar-refractivity contribution in [2.24, 2.45) is 0 Å². The Hall–Kier alpha value is -2.89. The maximum absolute atomic E-state index is 12.5. The van der Waals surface area contributed by atoms with Crippen LogP contribution in [0, 0.1) is 0 Å². The van der Waals surface area contributed by atoms with Crippen LogP contribution in [0.15, 0.2) is 42.5 Å². The molecule has 2 aliphatic heterocycles. The maximum Gasteiger partial charge on any atom is 0.317 e. The summed E-state index contributed by atoms with van der Waals surface area (Å²) in [6.07, 6.45) is 0. The van der Waals surface area contributed by atoms with Crippen LogP contribution >= 0.6 is 0 Å². The van der Waals surface area contributed by atoms with Crippen molar-refractivity contribution in [2.45, 2.75) is 26.3 Å². The van der Waals surface area contributed by atoms with Crippen LogP contribution in [0.25, 0.3) is 0 Å². The topological polar surface area (TPSA) is 54.0 Å². The molecule has 0 saturated carbocycles. The van der Waals surface area contributed by atoms with E-state index in [1.165, 1.54) is 11.3 Å². The molecule has 148 valence electrons. The van der Waals surface area contributed by atoms with Crippen LogP contribution in [-0.2, 0) is 6.54 Å². The molecule has 28 heavy (non-hydrogen) atoms. The fraction of sp³-hybridized carbons (Fsp3) is 0.409. The number of amides is 2. The monoisotopic (exact) mass is 381 g/mol. The molecule has 2 aliphatic rings. The second-order valence-corrected chi connectivity index (χ2v) is 7.57. The number of ether oxygens (including phenoxy) is 2. The summed E-state index contributed by atoms with van der Waals surface area (Å²) in [5.41, 5.74) is 3.58. The SMILES string of the molecule is CC(C)c1ccc(N2CCN(C(=O)NCc3ccc4c(c3)OCO4)CC2)cc1. The van der Waals surface area contributed by atoms with Gasteiger partial charge in [0.1, 0.15) is 0 Å². The highest BCUT2D eigenvalue weighted by molar-refractivity contribution is 5.74. The minimum atomic E-state index is -0.0209. The first-order valence-electron chi connectivity index (χ1n) is 9.86. The Kier molecular flexibility index (Phi) is 5.28. The normalized spacial score (nSPS) is 15.8. The molecule has 0 atom stereocenters. The van der Waals surface area contributed by atoms with Gasteiger partial charge in [0, 0.05) is 38.4 Å². The number of hydrogen-bond acceptors (Lipinski definition) is 4. The number of hydrogen-bond donors (Lipinski definition) is 1.